The molecule has 0 aliphatic rings. The van der Waals surface area contributed by atoms with Crippen LogP contribution in [0.4, 0.5) is 11.4 Å². The molecule has 154 valence electrons. The lowest BCUT2D eigenvalue weighted by atomic mass is 10.2. The third kappa shape index (κ3) is 4.84. The number of nitrogens with one attached hydrogen (secondary N) is 1. The van der Waals surface area contributed by atoms with Gasteiger partial charge in [0.15, 0.2) is 0 Å². The molecule has 0 radical (unpaired) electrons. The fourth-order valence-corrected chi connectivity index (χ4v) is 3.57. The summed E-state index contributed by atoms with van der Waals surface area (Å²) in [5.41, 5.74) is 1.18. The van der Waals surface area contributed by atoms with E-state index in [-0.39, 0.29) is 17.1 Å². The SMILES string of the molecule is Cc1ccc(Sc2cc(NC(=O)c3ccnn3C(C)C(=O)O)cc([N+](=O)[O-])c2)cc1. The Hall–Kier alpha value is -3.66. The van der Waals surface area contributed by atoms with E-state index in [0.29, 0.717) is 4.90 Å². The molecule has 10 heteroatoms. The molecule has 0 saturated carbocycles. The molecule has 0 bridgehead atoms. The van der Waals surface area contributed by atoms with Crippen LogP contribution in [-0.4, -0.2) is 31.7 Å². The maximum absolute atomic E-state index is 12.7. The summed E-state index contributed by atoms with van der Waals surface area (Å²) >= 11 is 1.33. The molecule has 3 rings (SSSR count). The molecule has 0 fully saturated rings. The van der Waals surface area contributed by atoms with Crippen LogP contribution in [0, 0.1) is 17.0 Å². The minimum Gasteiger partial charge on any atom is -0.480 e. The molecule has 0 spiro atoms. The van der Waals surface area contributed by atoms with Gasteiger partial charge in [0.25, 0.3) is 11.6 Å². The van der Waals surface area contributed by atoms with Gasteiger partial charge in [0, 0.05) is 33.8 Å². The van der Waals surface area contributed by atoms with Crippen LogP contribution >= 0.6 is 11.8 Å². The third-order valence-corrected chi connectivity index (χ3v) is 5.22. The number of nitrogens with zero attached hydrogens (tertiary/aromatic N) is 3. The average molecular weight is 426 g/mol. The van der Waals surface area contributed by atoms with E-state index in [1.54, 1.807) is 6.07 Å². The molecule has 2 aromatic carbocycles. The van der Waals surface area contributed by atoms with Gasteiger partial charge in [-0.2, -0.15) is 5.10 Å². The maximum atomic E-state index is 12.7. The Bertz CT molecular complexity index is 1110. The minimum absolute atomic E-state index is 0.0316. The second-order valence-corrected chi connectivity index (χ2v) is 7.66. The molecule has 1 unspecified atom stereocenters. The number of carbonyl (C=O) groups is 2. The lowest BCUT2D eigenvalue weighted by molar-refractivity contribution is -0.385. The van der Waals surface area contributed by atoms with E-state index >= 15 is 0 Å². The Kier molecular flexibility index (Phi) is 6.17. The Morgan fingerprint density at radius 1 is 1.17 bits per heavy atom. The van der Waals surface area contributed by atoms with Crippen LogP contribution in [0.5, 0.6) is 0 Å². The Labute approximate surface area is 175 Å². The van der Waals surface area contributed by atoms with Crippen molar-refractivity contribution in [3.63, 3.8) is 0 Å². The number of carbonyl (C=O) groups excluding carboxylic acids is 1. The average Bonchev–Trinajstić information content (AvgIpc) is 3.18. The first-order valence-corrected chi connectivity index (χ1v) is 9.68. The topological polar surface area (TPSA) is 127 Å². The van der Waals surface area contributed by atoms with E-state index < -0.39 is 22.8 Å². The number of nitro groups is 1. The van der Waals surface area contributed by atoms with Crippen molar-refractivity contribution in [3.8, 4) is 0 Å². The smallest absolute Gasteiger partial charge is 0.328 e. The van der Waals surface area contributed by atoms with Gasteiger partial charge in [-0.05, 0) is 38.1 Å². The summed E-state index contributed by atoms with van der Waals surface area (Å²) in [6.07, 6.45) is 1.32. The van der Waals surface area contributed by atoms with Crippen LogP contribution in [0.1, 0.15) is 29.0 Å². The molecule has 1 aromatic heterocycles. The number of aryl methyl sites for hydroxylation is 1. The van der Waals surface area contributed by atoms with Gasteiger partial charge in [-0.3, -0.25) is 14.9 Å². The summed E-state index contributed by atoms with van der Waals surface area (Å²) in [7, 11) is 0. The van der Waals surface area contributed by atoms with Crippen molar-refractivity contribution in [1.29, 1.82) is 0 Å². The van der Waals surface area contributed by atoms with Gasteiger partial charge in [-0.15, -0.1) is 0 Å². The predicted molar refractivity (Wildman–Crippen MR) is 111 cm³/mol. The number of hydrogen-bond acceptors (Lipinski definition) is 6. The zero-order valence-electron chi connectivity index (χ0n) is 16.1. The lowest BCUT2D eigenvalue weighted by Gasteiger charge is -2.12. The van der Waals surface area contributed by atoms with Gasteiger partial charge < -0.3 is 10.4 Å². The first-order valence-electron chi connectivity index (χ1n) is 8.86. The number of rotatable bonds is 7. The molecule has 1 heterocycles. The van der Waals surface area contributed by atoms with Crippen molar-refractivity contribution in [2.24, 2.45) is 0 Å². The van der Waals surface area contributed by atoms with E-state index in [1.807, 2.05) is 31.2 Å². The highest BCUT2D eigenvalue weighted by molar-refractivity contribution is 7.99. The second kappa shape index (κ2) is 8.78. The van der Waals surface area contributed by atoms with Gasteiger partial charge in [0.2, 0.25) is 0 Å². The van der Waals surface area contributed by atoms with Gasteiger partial charge in [-0.1, -0.05) is 29.5 Å². The second-order valence-electron chi connectivity index (χ2n) is 6.52. The van der Waals surface area contributed by atoms with Crippen LogP contribution < -0.4 is 5.32 Å². The van der Waals surface area contributed by atoms with Crippen LogP contribution in [-0.2, 0) is 4.79 Å². The monoisotopic (exact) mass is 426 g/mol. The van der Waals surface area contributed by atoms with Crippen LogP contribution in [0.3, 0.4) is 0 Å². The summed E-state index contributed by atoms with van der Waals surface area (Å²) < 4.78 is 1.08. The van der Waals surface area contributed by atoms with Crippen molar-refractivity contribution >= 4 is 35.0 Å². The highest BCUT2D eigenvalue weighted by Gasteiger charge is 2.22. The highest BCUT2D eigenvalue weighted by Crippen LogP contribution is 2.33. The zero-order chi connectivity index (χ0) is 21.8. The van der Waals surface area contributed by atoms with Gasteiger partial charge in [-0.25, -0.2) is 9.48 Å². The van der Waals surface area contributed by atoms with Crippen molar-refractivity contribution in [2.75, 3.05) is 5.32 Å². The molecule has 1 atom stereocenters. The number of nitro benzene ring substituents is 1. The number of carboxylic acids is 1. The number of amides is 1. The van der Waals surface area contributed by atoms with Crippen LogP contribution in [0.25, 0.3) is 0 Å². The molecule has 3 aromatic rings. The number of carboxylic acid groups (broad SMARTS) is 1. The number of hydrogen-bond donors (Lipinski definition) is 2. The molecule has 1 amide bonds. The van der Waals surface area contributed by atoms with Gasteiger partial charge in [0.05, 0.1) is 4.92 Å². The van der Waals surface area contributed by atoms with E-state index in [9.17, 15) is 24.8 Å². The van der Waals surface area contributed by atoms with Crippen molar-refractivity contribution in [1.82, 2.24) is 9.78 Å². The van der Waals surface area contributed by atoms with E-state index in [0.717, 1.165) is 15.1 Å². The van der Waals surface area contributed by atoms with Crippen molar-refractivity contribution in [3.05, 3.63) is 76.1 Å². The molecular weight excluding hydrogens is 408 g/mol. The highest BCUT2D eigenvalue weighted by atomic mass is 32.2. The quantitative estimate of drug-likeness (QED) is 0.429. The zero-order valence-corrected chi connectivity index (χ0v) is 16.9. The molecule has 0 aliphatic heterocycles. The summed E-state index contributed by atoms with van der Waals surface area (Å²) in [4.78, 5) is 36.2. The minimum atomic E-state index is -1.14. The Balaban J connectivity index is 1.88. The van der Waals surface area contributed by atoms with Crippen molar-refractivity contribution in [2.45, 2.75) is 29.7 Å². The number of anilines is 1. The largest absolute Gasteiger partial charge is 0.480 e. The number of aliphatic carboxylic acids is 1. The van der Waals surface area contributed by atoms with E-state index in [4.69, 9.17) is 0 Å². The molecule has 30 heavy (non-hydrogen) atoms. The fraction of sp³-hybridized carbons (Fsp3) is 0.150. The third-order valence-electron chi connectivity index (χ3n) is 4.24. The molecule has 2 N–H and O–H groups in total. The van der Waals surface area contributed by atoms with Gasteiger partial charge >= 0.3 is 5.97 Å². The van der Waals surface area contributed by atoms with E-state index in [2.05, 4.69) is 10.4 Å². The van der Waals surface area contributed by atoms with Crippen LogP contribution in [0.2, 0.25) is 0 Å². The number of aromatic nitrogens is 2. The summed E-state index contributed by atoms with van der Waals surface area (Å²) in [5, 5.41) is 27.0. The van der Waals surface area contributed by atoms with Crippen LogP contribution in [0.15, 0.2) is 64.5 Å². The number of non-ortho nitro benzene ring substituents is 1. The maximum Gasteiger partial charge on any atom is 0.328 e. The molecule has 0 aliphatic carbocycles. The standard InChI is InChI=1S/C20H18N4O5S/c1-12-3-5-16(6-4-12)30-17-10-14(9-15(11-17)24(28)29)22-19(25)18-7-8-21-23(18)13(2)20(26)27/h3-11,13H,1-2H3,(H,22,25)(H,26,27). The van der Waals surface area contributed by atoms with E-state index in [1.165, 1.54) is 43.1 Å². The first kappa shape index (κ1) is 21.1. The summed E-state index contributed by atoms with van der Waals surface area (Å²) in [5.74, 6) is -1.76. The molecular formula is C20H18N4O5S. The number of benzene rings is 2. The normalized spacial score (nSPS) is 11.7. The molecule has 0 saturated heterocycles. The Morgan fingerprint density at radius 2 is 1.87 bits per heavy atom. The summed E-state index contributed by atoms with van der Waals surface area (Å²) in [6, 6.07) is 12.3. The van der Waals surface area contributed by atoms with Crippen molar-refractivity contribution < 1.29 is 19.6 Å². The summed E-state index contributed by atoms with van der Waals surface area (Å²) in [6.45, 7) is 3.36. The fourth-order valence-electron chi connectivity index (χ4n) is 2.66. The Morgan fingerprint density at radius 3 is 2.50 bits per heavy atom. The van der Waals surface area contributed by atoms with Gasteiger partial charge in [0.1, 0.15) is 11.7 Å². The predicted octanol–water partition coefficient (Wildman–Crippen LogP) is 4.15. The first-order chi connectivity index (χ1) is 14.2. The molecule has 9 nitrogen and oxygen atoms in total. The lowest BCUT2D eigenvalue weighted by Crippen LogP contribution is -2.24.